The first-order valence-corrected chi connectivity index (χ1v) is 17.2. The van der Waals surface area contributed by atoms with Gasteiger partial charge in [-0.2, -0.15) is 0 Å². The third-order valence-electron chi connectivity index (χ3n) is 8.18. The molecular weight excluding hydrogens is 622 g/mol. The van der Waals surface area contributed by atoms with E-state index in [4.69, 9.17) is 16.3 Å². The van der Waals surface area contributed by atoms with Gasteiger partial charge in [-0.3, -0.25) is 13.9 Å². The van der Waals surface area contributed by atoms with Crippen LogP contribution in [0, 0.1) is 0 Å². The Hall–Kier alpha value is -4.34. The summed E-state index contributed by atoms with van der Waals surface area (Å²) in [5.74, 6) is -0.537. The molecule has 5 rings (SSSR count). The summed E-state index contributed by atoms with van der Waals surface area (Å²) in [6.45, 7) is -0.527. The second-order valence-corrected chi connectivity index (χ2v) is 13.6. The van der Waals surface area contributed by atoms with Crippen molar-refractivity contribution in [2.24, 2.45) is 0 Å². The second-order valence-electron chi connectivity index (χ2n) is 11.3. The summed E-state index contributed by atoms with van der Waals surface area (Å²) in [4.78, 5) is 30.2. The number of hydrogen-bond acceptors (Lipinski definition) is 5. The predicted octanol–water partition coefficient (Wildman–Crippen LogP) is 6.24. The number of carbonyl (C=O) groups is 2. The number of carbonyl (C=O) groups excluding carboxylic acids is 2. The van der Waals surface area contributed by atoms with Crippen LogP contribution in [-0.2, 0) is 32.6 Å². The molecule has 4 aromatic carbocycles. The molecule has 46 heavy (non-hydrogen) atoms. The van der Waals surface area contributed by atoms with E-state index in [1.165, 1.54) is 24.1 Å². The third kappa shape index (κ3) is 8.08. The molecular formula is C36H38ClN3O5S. The maximum atomic E-state index is 14.6. The van der Waals surface area contributed by atoms with E-state index < -0.39 is 28.5 Å². The van der Waals surface area contributed by atoms with E-state index in [0.717, 1.165) is 35.6 Å². The quantitative estimate of drug-likeness (QED) is 0.183. The minimum Gasteiger partial charge on any atom is -0.495 e. The highest BCUT2D eigenvalue weighted by molar-refractivity contribution is 7.92. The number of hydrogen-bond donors (Lipinski definition) is 1. The van der Waals surface area contributed by atoms with Crippen LogP contribution in [0.15, 0.2) is 114 Å². The maximum Gasteiger partial charge on any atom is 0.264 e. The van der Waals surface area contributed by atoms with Crippen LogP contribution in [0.2, 0.25) is 5.02 Å². The molecule has 0 heterocycles. The lowest BCUT2D eigenvalue weighted by Crippen LogP contribution is -2.54. The number of amides is 2. The van der Waals surface area contributed by atoms with Crippen LogP contribution in [0.1, 0.15) is 36.8 Å². The Labute approximate surface area is 276 Å². The lowest BCUT2D eigenvalue weighted by molar-refractivity contribution is -0.140. The first-order valence-electron chi connectivity index (χ1n) is 15.4. The Morgan fingerprint density at radius 1 is 0.870 bits per heavy atom. The van der Waals surface area contributed by atoms with Crippen LogP contribution in [-0.4, -0.2) is 50.9 Å². The van der Waals surface area contributed by atoms with E-state index in [2.05, 4.69) is 5.32 Å². The highest BCUT2D eigenvalue weighted by atomic mass is 35.5. The van der Waals surface area contributed by atoms with Gasteiger partial charge < -0.3 is 15.0 Å². The van der Waals surface area contributed by atoms with Crippen LogP contribution in [0.4, 0.5) is 5.69 Å². The minimum absolute atomic E-state index is 0.0231. The standard InChI is InChI=1S/C36H38ClN3O5S/c1-45-34-22-11-10-21-32(34)40(46(43,44)31-19-6-3-7-20-31)26-35(41)39(25-28-15-12-16-29(37)23-28)33(24-27-13-4-2-5-14-27)36(42)38-30-17-8-9-18-30/h2-7,10-16,19-23,30,33H,8-9,17-18,24-26H2,1H3,(H,38,42)/t33-/m0/s1. The first-order chi connectivity index (χ1) is 22.3. The molecule has 0 radical (unpaired) electrons. The van der Waals surface area contributed by atoms with Crippen molar-refractivity contribution < 1.29 is 22.7 Å². The van der Waals surface area contributed by atoms with Gasteiger partial charge in [0.05, 0.1) is 17.7 Å². The first kappa shape index (κ1) is 33.0. The molecule has 0 aromatic heterocycles. The van der Waals surface area contributed by atoms with Gasteiger partial charge >= 0.3 is 0 Å². The molecule has 0 aliphatic heterocycles. The Balaban J connectivity index is 1.58. The van der Waals surface area contributed by atoms with Gasteiger partial charge in [-0.15, -0.1) is 0 Å². The molecule has 0 unspecified atom stereocenters. The Bertz CT molecular complexity index is 1730. The topological polar surface area (TPSA) is 96.0 Å². The number of nitrogens with one attached hydrogen (secondary N) is 1. The maximum absolute atomic E-state index is 14.6. The fourth-order valence-corrected chi connectivity index (χ4v) is 7.48. The average Bonchev–Trinajstić information content (AvgIpc) is 3.59. The zero-order chi connectivity index (χ0) is 32.5. The number of benzene rings is 4. The molecule has 0 saturated heterocycles. The lowest BCUT2D eigenvalue weighted by atomic mass is 10.0. The van der Waals surface area contributed by atoms with Crippen LogP contribution in [0.5, 0.6) is 5.75 Å². The van der Waals surface area contributed by atoms with E-state index >= 15 is 0 Å². The van der Waals surface area contributed by atoms with Gasteiger partial charge in [0.25, 0.3) is 10.0 Å². The zero-order valence-corrected chi connectivity index (χ0v) is 27.3. The summed E-state index contributed by atoms with van der Waals surface area (Å²) >= 11 is 6.33. The zero-order valence-electron chi connectivity index (χ0n) is 25.7. The van der Waals surface area contributed by atoms with Gasteiger partial charge in [-0.05, 0) is 60.4 Å². The van der Waals surface area contributed by atoms with E-state index in [9.17, 15) is 18.0 Å². The number of nitrogens with zero attached hydrogens (tertiary/aromatic N) is 2. The summed E-state index contributed by atoms with van der Waals surface area (Å²) in [6.07, 6.45) is 4.06. The molecule has 8 nitrogen and oxygen atoms in total. The molecule has 1 atom stereocenters. The molecule has 10 heteroatoms. The third-order valence-corrected chi connectivity index (χ3v) is 10.2. The number of anilines is 1. The van der Waals surface area contributed by atoms with E-state index in [-0.39, 0.29) is 41.2 Å². The highest BCUT2D eigenvalue weighted by Gasteiger charge is 2.36. The van der Waals surface area contributed by atoms with E-state index in [1.54, 1.807) is 60.7 Å². The SMILES string of the molecule is COc1ccccc1N(CC(=O)N(Cc1cccc(Cl)c1)[C@@H](Cc1ccccc1)C(=O)NC1CCCC1)S(=O)(=O)c1ccccc1. The van der Waals surface area contributed by atoms with Gasteiger partial charge in [-0.1, -0.05) is 97.2 Å². The van der Waals surface area contributed by atoms with Crippen LogP contribution in [0.3, 0.4) is 0 Å². The second kappa shape index (κ2) is 15.3. The Morgan fingerprint density at radius 3 is 2.17 bits per heavy atom. The number of ether oxygens (including phenoxy) is 1. The van der Waals surface area contributed by atoms with Crippen LogP contribution in [0.25, 0.3) is 0 Å². The van der Waals surface area contributed by atoms with Crippen molar-refractivity contribution in [2.45, 2.75) is 55.6 Å². The summed E-state index contributed by atoms with van der Waals surface area (Å²) in [7, 11) is -2.79. The molecule has 2 amide bonds. The van der Waals surface area contributed by atoms with Crippen molar-refractivity contribution in [3.8, 4) is 5.75 Å². The fourth-order valence-electron chi connectivity index (χ4n) is 5.82. The van der Waals surface area contributed by atoms with Crippen molar-refractivity contribution >= 4 is 39.1 Å². The molecule has 1 aliphatic rings. The van der Waals surface area contributed by atoms with Crippen molar-refractivity contribution in [3.05, 3.63) is 125 Å². The summed E-state index contributed by atoms with van der Waals surface area (Å²) in [6, 6.07) is 30.3. The van der Waals surface area contributed by atoms with E-state index in [1.807, 2.05) is 36.4 Å². The molecule has 1 N–H and O–H groups in total. The number of halogens is 1. The van der Waals surface area contributed by atoms with Crippen molar-refractivity contribution in [3.63, 3.8) is 0 Å². The van der Waals surface area contributed by atoms with Crippen LogP contribution < -0.4 is 14.4 Å². The lowest BCUT2D eigenvalue weighted by Gasteiger charge is -2.34. The van der Waals surface area contributed by atoms with Crippen molar-refractivity contribution in [1.29, 1.82) is 0 Å². The number of para-hydroxylation sites is 2. The molecule has 0 spiro atoms. The summed E-state index contributed by atoms with van der Waals surface area (Å²) in [5.41, 5.74) is 1.79. The number of methoxy groups -OCH3 is 1. The fraction of sp³-hybridized carbons (Fsp3) is 0.278. The van der Waals surface area contributed by atoms with Gasteiger partial charge in [0.2, 0.25) is 11.8 Å². The van der Waals surface area contributed by atoms with Gasteiger partial charge in [0.1, 0.15) is 18.3 Å². The molecule has 1 saturated carbocycles. The molecule has 0 bridgehead atoms. The van der Waals surface area contributed by atoms with Crippen LogP contribution >= 0.6 is 11.6 Å². The Morgan fingerprint density at radius 2 is 1.50 bits per heavy atom. The molecule has 1 fully saturated rings. The van der Waals surface area contributed by atoms with Gasteiger partial charge in [0.15, 0.2) is 0 Å². The van der Waals surface area contributed by atoms with Crippen molar-refractivity contribution in [2.75, 3.05) is 18.0 Å². The normalized spacial score (nSPS) is 14.0. The average molecular weight is 660 g/mol. The molecule has 4 aromatic rings. The summed E-state index contributed by atoms with van der Waals surface area (Å²) < 4.78 is 35.0. The largest absolute Gasteiger partial charge is 0.495 e. The van der Waals surface area contributed by atoms with Gasteiger partial charge in [-0.25, -0.2) is 8.42 Å². The van der Waals surface area contributed by atoms with E-state index in [0.29, 0.717) is 10.6 Å². The predicted molar refractivity (Wildman–Crippen MR) is 180 cm³/mol. The van der Waals surface area contributed by atoms with Gasteiger partial charge in [0, 0.05) is 24.0 Å². The minimum atomic E-state index is -4.23. The monoisotopic (exact) mass is 659 g/mol. The summed E-state index contributed by atoms with van der Waals surface area (Å²) in [5, 5.41) is 3.67. The Kier molecular flexibility index (Phi) is 11.0. The number of rotatable bonds is 13. The molecule has 1 aliphatic carbocycles. The highest BCUT2D eigenvalue weighted by Crippen LogP contribution is 2.33. The van der Waals surface area contributed by atoms with Crippen molar-refractivity contribution in [1.82, 2.24) is 10.2 Å². The molecule has 240 valence electrons. The smallest absolute Gasteiger partial charge is 0.264 e. The number of sulfonamides is 1.